The van der Waals surface area contributed by atoms with Gasteiger partial charge in [-0.3, -0.25) is 4.99 Å². The van der Waals surface area contributed by atoms with Crippen molar-refractivity contribution >= 4 is 29.9 Å². The summed E-state index contributed by atoms with van der Waals surface area (Å²) in [6.45, 7) is 5.72. The fourth-order valence-corrected chi connectivity index (χ4v) is 2.96. The fraction of sp³-hybridized carbons (Fsp3) is 0.684. The molecule has 0 spiro atoms. The smallest absolute Gasteiger partial charge is 0.422 e. The van der Waals surface area contributed by atoms with Crippen LogP contribution in [0, 0.1) is 5.92 Å². The van der Waals surface area contributed by atoms with Gasteiger partial charge in [0.25, 0.3) is 0 Å². The van der Waals surface area contributed by atoms with Gasteiger partial charge in [-0.05, 0) is 50.4 Å². The summed E-state index contributed by atoms with van der Waals surface area (Å²) >= 11 is 0. The van der Waals surface area contributed by atoms with Gasteiger partial charge in [-0.2, -0.15) is 13.2 Å². The lowest BCUT2D eigenvalue weighted by molar-refractivity contribution is -0.154. The van der Waals surface area contributed by atoms with E-state index in [0.717, 1.165) is 31.0 Å². The number of likely N-dealkylation sites (tertiary alicyclic amines) is 1. The van der Waals surface area contributed by atoms with Crippen LogP contribution in [0.3, 0.4) is 0 Å². The molecule has 1 fully saturated rings. The summed E-state index contributed by atoms with van der Waals surface area (Å²) in [6.07, 6.45) is 0.729. The second-order valence-corrected chi connectivity index (χ2v) is 7.14. The molecular weight excluding hydrogens is 498 g/mol. The average Bonchev–Trinajstić information content (AvgIpc) is 2.67. The Labute approximate surface area is 187 Å². The highest BCUT2D eigenvalue weighted by molar-refractivity contribution is 14.0. The van der Waals surface area contributed by atoms with Crippen molar-refractivity contribution in [2.24, 2.45) is 10.9 Å². The highest BCUT2D eigenvalue weighted by Crippen LogP contribution is 2.17. The molecule has 1 aromatic rings. The molecular formula is C19H31F3IN5O. The molecule has 0 amide bonds. The lowest BCUT2D eigenvalue weighted by Crippen LogP contribution is -2.39. The number of hydrogen-bond donors (Lipinski definition) is 2. The number of nitrogens with one attached hydrogen (secondary N) is 2. The van der Waals surface area contributed by atoms with E-state index < -0.39 is 12.8 Å². The molecule has 0 aromatic carbocycles. The van der Waals surface area contributed by atoms with Crippen molar-refractivity contribution in [3.05, 3.63) is 23.9 Å². The molecule has 1 aliphatic heterocycles. The van der Waals surface area contributed by atoms with Gasteiger partial charge in [-0.1, -0.05) is 13.0 Å². The minimum absolute atomic E-state index is 0. The van der Waals surface area contributed by atoms with Crippen LogP contribution in [0.4, 0.5) is 13.2 Å². The molecule has 0 bridgehead atoms. The van der Waals surface area contributed by atoms with E-state index >= 15 is 0 Å². The molecule has 2 N–H and O–H groups in total. The van der Waals surface area contributed by atoms with Crippen molar-refractivity contribution in [1.29, 1.82) is 0 Å². The lowest BCUT2D eigenvalue weighted by Gasteiger charge is -2.30. The van der Waals surface area contributed by atoms with E-state index in [1.807, 2.05) is 0 Å². The Morgan fingerprint density at radius 3 is 2.59 bits per heavy atom. The molecule has 6 nitrogen and oxygen atoms in total. The Morgan fingerprint density at radius 1 is 1.28 bits per heavy atom. The maximum absolute atomic E-state index is 12.1. The van der Waals surface area contributed by atoms with E-state index in [9.17, 15) is 13.2 Å². The maximum atomic E-state index is 12.1. The third-order valence-corrected chi connectivity index (χ3v) is 4.68. The van der Waals surface area contributed by atoms with Crippen LogP contribution in [-0.2, 0) is 6.54 Å². The number of aliphatic imine (C=N–C) groups is 1. The molecule has 10 heteroatoms. The number of aromatic nitrogens is 1. The third-order valence-electron chi connectivity index (χ3n) is 4.68. The van der Waals surface area contributed by atoms with Crippen molar-refractivity contribution in [2.45, 2.75) is 38.9 Å². The second-order valence-electron chi connectivity index (χ2n) is 7.14. The number of piperidine rings is 1. The van der Waals surface area contributed by atoms with Crippen LogP contribution in [0.1, 0.15) is 31.7 Å². The number of nitrogens with zero attached hydrogens (tertiary/aromatic N) is 3. The third kappa shape index (κ3) is 10.9. The first kappa shape index (κ1) is 25.7. The highest BCUT2D eigenvalue weighted by Gasteiger charge is 2.28. The molecule has 2 heterocycles. The Balaban J connectivity index is 0.00000420. The van der Waals surface area contributed by atoms with Crippen molar-refractivity contribution in [2.75, 3.05) is 39.8 Å². The summed E-state index contributed by atoms with van der Waals surface area (Å²) in [6, 6.07) is 3.11. The minimum atomic E-state index is -4.37. The van der Waals surface area contributed by atoms with E-state index in [1.54, 1.807) is 13.1 Å². The fourth-order valence-electron chi connectivity index (χ4n) is 2.96. The number of rotatable bonds is 8. The van der Waals surface area contributed by atoms with Crippen molar-refractivity contribution in [1.82, 2.24) is 20.5 Å². The Bertz CT molecular complexity index is 605. The van der Waals surface area contributed by atoms with Crippen LogP contribution in [0.25, 0.3) is 0 Å². The summed E-state index contributed by atoms with van der Waals surface area (Å²) < 4.78 is 41.0. The molecule has 0 aliphatic carbocycles. The normalized spacial score (nSPS) is 16.2. The molecule has 166 valence electrons. The van der Waals surface area contributed by atoms with Crippen LogP contribution < -0.4 is 15.4 Å². The number of ether oxygens (including phenoxy) is 1. The SMILES string of the molecule is CN=C(NCCCN1CCC(C)CC1)NCc1ccc(OCC(F)(F)F)nc1.I. The van der Waals surface area contributed by atoms with Gasteiger partial charge in [0, 0.05) is 32.4 Å². The predicted molar refractivity (Wildman–Crippen MR) is 119 cm³/mol. The van der Waals surface area contributed by atoms with Crippen LogP contribution in [0.2, 0.25) is 0 Å². The predicted octanol–water partition coefficient (Wildman–Crippen LogP) is 3.43. The Hall–Kier alpha value is -1.30. The van der Waals surface area contributed by atoms with Crippen molar-refractivity contribution in [3.8, 4) is 5.88 Å². The van der Waals surface area contributed by atoms with Gasteiger partial charge in [0.1, 0.15) is 0 Å². The van der Waals surface area contributed by atoms with Crippen LogP contribution in [0.15, 0.2) is 23.3 Å². The van der Waals surface area contributed by atoms with Gasteiger partial charge in [-0.25, -0.2) is 4.98 Å². The molecule has 0 radical (unpaired) electrons. The summed E-state index contributed by atoms with van der Waals surface area (Å²) in [5, 5.41) is 6.45. The first-order valence-electron chi connectivity index (χ1n) is 9.67. The van der Waals surface area contributed by atoms with Gasteiger partial charge in [0.2, 0.25) is 5.88 Å². The maximum Gasteiger partial charge on any atom is 0.422 e. The zero-order valence-electron chi connectivity index (χ0n) is 17.0. The van der Waals surface area contributed by atoms with E-state index in [1.165, 1.54) is 38.2 Å². The topological polar surface area (TPSA) is 61.8 Å². The first-order chi connectivity index (χ1) is 13.4. The lowest BCUT2D eigenvalue weighted by atomic mass is 9.99. The number of pyridine rings is 1. The van der Waals surface area contributed by atoms with Crippen LogP contribution >= 0.6 is 24.0 Å². The van der Waals surface area contributed by atoms with Gasteiger partial charge in [0.05, 0.1) is 0 Å². The standard InChI is InChI=1S/C19H30F3N5O.HI/c1-15-6-10-27(11-7-15)9-3-8-24-18(23-2)26-13-16-4-5-17(25-12-16)28-14-19(20,21)22;/h4-5,12,15H,3,6-11,13-14H2,1-2H3,(H2,23,24,26);1H. The Morgan fingerprint density at radius 2 is 2.00 bits per heavy atom. The zero-order chi connectivity index (χ0) is 20.4. The molecule has 1 saturated heterocycles. The molecule has 1 aliphatic rings. The van der Waals surface area contributed by atoms with Crippen LogP contribution in [-0.4, -0.2) is 61.9 Å². The zero-order valence-corrected chi connectivity index (χ0v) is 19.3. The number of alkyl halides is 3. The quantitative estimate of drug-likeness (QED) is 0.234. The number of halogens is 4. The van der Waals surface area contributed by atoms with E-state index in [2.05, 4.69) is 37.2 Å². The molecule has 0 saturated carbocycles. The highest BCUT2D eigenvalue weighted by atomic mass is 127. The van der Waals surface area contributed by atoms with Gasteiger partial charge < -0.3 is 20.3 Å². The largest absolute Gasteiger partial charge is 0.468 e. The van der Waals surface area contributed by atoms with Crippen molar-refractivity contribution < 1.29 is 17.9 Å². The molecule has 1 aromatic heterocycles. The van der Waals surface area contributed by atoms with Gasteiger partial charge >= 0.3 is 6.18 Å². The minimum Gasteiger partial charge on any atom is -0.468 e. The number of guanidine groups is 1. The van der Waals surface area contributed by atoms with E-state index in [0.29, 0.717) is 12.5 Å². The Kier molecular flexibility index (Phi) is 11.6. The molecule has 0 unspecified atom stereocenters. The van der Waals surface area contributed by atoms with Gasteiger partial charge in [0.15, 0.2) is 12.6 Å². The molecule has 0 atom stereocenters. The molecule has 29 heavy (non-hydrogen) atoms. The average molecular weight is 529 g/mol. The summed E-state index contributed by atoms with van der Waals surface area (Å²) in [5.41, 5.74) is 0.824. The van der Waals surface area contributed by atoms with Crippen LogP contribution in [0.5, 0.6) is 5.88 Å². The first-order valence-corrected chi connectivity index (χ1v) is 9.67. The molecule has 2 rings (SSSR count). The van der Waals surface area contributed by atoms with E-state index in [-0.39, 0.29) is 29.9 Å². The van der Waals surface area contributed by atoms with E-state index in [4.69, 9.17) is 0 Å². The van der Waals surface area contributed by atoms with Crippen molar-refractivity contribution in [3.63, 3.8) is 0 Å². The summed E-state index contributed by atoms with van der Waals surface area (Å²) in [7, 11) is 1.70. The summed E-state index contributed by atoms with van der Waals surface area (Å²) in [4.78, 5) is 10.6. The second kappa shape index (κ2) is 13.1. The number of hydrogen-bond acceptors (Lipinski definition) is 4. The summed E-state index contributed by atoms with van der Waals surface area (Å²) in [5.74, 6) is 1.48. The van der Waals surface area contributed by atoms with Gasteiger partial charge in [-0.15, -0.1) is 24.0 Å². The monoisotopic (exact) mass is 529 g/mol.